The summed E-state index contributed by atoms with van der Waals surface area (Å²) in [5.74, 6) is -0.00688. The molecule has 2 amide bonds. The Morgan fingerprint density at radius 3 is 2.80 bits per heavy atom. The van der Waals surface area contributed by atoms with Crippen molar-refractivity contribution in [2.45, 2.75) is 26.3 Å². The van der Waals surface area contributed by atoms with E-state index in [1.54, 1.807) is 35.0 Å². The molecule has 1 saturated carbocycles. The van der Waals surface area contributed by atoms with E-state index in [-0.39, 0.29) is 29.2 Å². The average molecular weight is 470 g/mol. The van der Waals surface area contributed by atoms with Gasteiger partial charge in [-0.2, -0.15) is 5.10 Å². The SMILES string of the molecule is CC1(C)C(CNC(=O)c2cc(N)ccc2Br)CC1NC(=O)c1cccn2nccc12. The normalized spacial score (nSPS) is 19.8. The number of hydrogen-bond donors (Lipinski definition) is 3. The molecule has 8 heteroatoms. The molecule has 3 aromatic rings. The second kappa shape index (κ2) is 7.75. The molecule has 0 radical (unpaired) electrons. The van der Waals surface area contributed by atoms with Gasteiger partial charge >= 0.3 is 0 Å². The van der Waals surface area contributed by atoms with Gasteiger partial charge in [0.05, 0.1) is 22.8 Å². The van der Waals surface area contributed by atoms with Gasteiger partial charge in [-0.15, -0.1) is 0 Å². The summed E-state index contributed by atoms with van der Waals surface area (Å²) in [6, 6.07) is 10.7. The van der Waals surface area contributed by atoms with Crippen LogP contribution in [0.4, 0.5) is 5.69 Å². The summed E-state index contributed by atoms with van der Waals surface area (Å²) >= 11 is 3.39. The molecule has 2 heterocycles. The van der Waals surface area contributed by atoms with E-state index >= 15 is 0 Å². The highest BCUT2D eigenvalue weighted by Gasteiger charge is 2.48. The predicted molar refractivity (Wildman–Crippen MR) is 119 cm³/mol. The summed E-state index contributed by atoms with van der Waals surface area (Å²) < 4.78 is 2.40. The number of nitrogen functional groups attached to an aromatic ring is 1. The van der Waals surface area contributed by atoms with Gasteiger partial charge < -0.3 is 16.4 Å². The number of aromatic nitrogens is 2. The van der Waals surface area contributed by atoms with Gasteiger partial charge in [0, 0.05) is 28.9 Å². The van der Waals surface area contributed by atoms with Crippen molar-refractivity contribution in [3.8, 4) is 0 Å². The summed E-state index contributed by atoms with van der Waals surface area (Å²) in [6.45, 7) is 4.78. The molecule has 0 spiro atoms. The predicted octanol–water partition coefficient (Wildman–Crippen LogP) is 3.25. The van der Waals surface area contributed by atoms with Gasteiger partial charge in [0.1, 0.15) is 0 Å². The lowest BCUT2D eigenvalue weighted by molar-refractivity contribution is 0.0150. The molecule has 30 heavy (non-hydrogen) atoms. The minimum Gasteiger partial charge on any atom is -0.399 e. The van der Waals surface area contributed by atoms with Crippen LogP contribution in [0.1, 0.15) is 41.0 Å². The van der Waals surface area contributed by atoms with Crippen LogP contribution in [0.2, 0.25) is 0 Å². The molecule has 0 bridgehead atoms. The highest BCUT2D eigenvalue weighted by molar-refractivity contribution is 9.10. The molecule has 1 aliphatic rings. The molecule has 1 aromatic carbocycles. The molecule has 2 unspecified atom stereocenters. The van der Waals surface area contributed by atoms with Crippen molar-refractivity contribution in [3.05, 3.63) is 64.4 Å². The fourth-order valence-electron chi connectivity index (χ4n) is 4.02. The van der Waals surface area contributed by atoms with Crippen molar-refractivity contribution in [2.75, 3.05) is 12.3 Å². The quantitative estimate of drug-likeness (QED) is 0.499. The minimum absolute atomic E-state index is 0.0363. The number of rotatable bonds is 5. The van der Waals surface area contributed by atoms with Gasteiger partial charge in [0.25, 0.3) is 11.8 Å². The second-order valence-corrected chi connectivity index (χ2v) is 9.17. The smallest absolute Gasteiger partial charge is 0.253 e. The average Bonchev–Trinajstić information content (AvgIpc) is 3.20. The maximum Gasteiger partial charge on any atom is 0.253 e. The van der Waals surface area contributed by atoms with Crippen LogP contribution in [0, 0.1) is 11.3 Å². The number of carbonyl (C=O) groups excluding carboxylic acids is 2. The number of pyridine rings is 1. The van der Waals surface area contributed by atoms with E-state index in [0.717, 1.165) is 11.9 Å². The zero-order valence-electron chi connectivity index (χ0n) is 16.9. The lowest BCUT2D eigenvalue weighted by atomic mass is 9.58. The summed E-state index contributed by atoms with van der Waals surface area (Å²) in [5, 5.41) is 10.3. The van der Waals surface area contributed by atoms with Gasteiger partial charge in [0.2, 0.25) is 0 Å². The Balaban J connectivity index is 1.37. The number of anilines is 1. The number of nitrogens with zero attached hydrogens (tertiary/aromatic N) is 2. The van der Waals surface area contributed by atoms with Crippen molar-refractivity contribution in [2.24, 2.45) is 11.3 Å². The van der Waals surface area contributed by atoms with E-state index < -0.39 is 0 Å². The van der Waals surface area contributed by atoms with E-state index in [0.29, 0.717) is 27.8 Å². The number of nitrogens with one attached hydrogen (secondary N) is 2. The molecule has 7 nitrogen and oxygen atoms in total. The van der Waals surface area contributed by atoms with Gasteiger partial charge in [-0.25, -0.2) is 4.52 Å². The van der Waals surface area contributed by atoms with Crippen molar-refractivity contribution in [3.63, 3.8) is 0 Å². The summed E-state index contributed by atoms with van der Waals surface area (Å²) in [4.78, 5) is 25.4. The van der Waals surface area contributed by atoms with Crippen LogP contribution >= 0.6 is 15.9 Å². The summed E-state index contributed by atoms with van der Waals surface area (Å²) in [6.07, 6.45) is 4.30. The van der Waals surface area contributed by atoms with Crippen LogP contribution in [0.3, 0.4) is 0 Å². The van der Waals surface area contributed by atoms with E-state index in [1.165, 1.54) is 0 Å². The molecular weight excluding hydrogens is 446 g/mol. The van der Waals surface area contributed by atoms with Crippen molar-refractivity contribution in [1.82, 2.24) is 20.2 Å². The fourth-order valence-corrected chi connectivity index (χ4v) is 4.44. The molecule has 2 atom stereocenters. The van der Waals surface area contributed by atoms with Gasteiger partial charge in [-0.3, -0.25) is 9.59 Å². The fraction of sp³-hybridized carbons (Fsp3) is 0.318. The van der Waals surface area contributed by atoms with E-state index in [4.69, 9.17) is 5.73 Å². The third-order valence-corrected chi connectivity index (χ3v) is 6.89. The number of hydrogen-bond acceptors (Lipinski definition) is 4. The molecular formula is C22H24BrN5O2. The molecule has 0 saturated heterocycles. The molecule has 0 aliphatic heterocycles. The molecule has 156 valence electrons. The zero-order chi connectivity index (χ0) is 21.5. The van der Waals surface area contributed by atoms with Gasteiger partial charge in [-0.1, -0.05) is 13.8 Å². The van der Waals surface area contributed by atoms with Crippen LogP contribution in [0.5, 0.6) is 0 Å². The summed E-state index contributed by atoms with van der Waals surface area (Å²) in [7, 11) is 0. The Hall–Kier alpha value is -2.87. The number of benzene rings is 1. The van der Waals surface area contributed by atoms with Gasteiger partial charge in [-0.05, 0) is 70.1 Å². The van der Waals surface area contributed by atoms with Crippen LogP contribution < -0.4 is 16.4 Å². The largest absolute Gasteiger partial charge is 0.399 e. The first kappa shape index (κ1) is 20.4. The highest BCUT2D eigenvalue weighted by atomic mass is 79.9. The maximum absolute atomic E-state index is 12.8. The third kappa shape index (κ3) is 3.67. The van der Waals surface area contributed by atoms with Crippen molar-refractivity contribution < 1.29 is 9.59 Å². The number of carbonyl (C=O) groups is 2. The number of nitrogens with two attached hydrogens (primary N) is 1. The Labute approximate surface area is 183 Å². The van der Waals surface area contributed by atoms with E-state index in [1.807, 2.05) is 18.3 Å². The molecule has 4 rings (SSSR count). The first-order chi connectivity index (χ1) is 14.3. The molecule has 4 N–H and O–H groups in total. The summed E-state index contributed by atoms with van der Waals surface area (Å²) in [5.41, 5.74) is 8.11. The highest BCUT2D eigenvalue weighted by Crippen LogP contribution is 2.46. The van der Waals surface area contributed by atoms with Crippen LogP contribution in [-0.2, 0) is 0 Å². The molecule has 1 aliphatic carbocycles. The zero-order valence-corrected chi connectivity index (χ0v) is 18.4. The van der Waals surface area contributed by atoms with E-state index in [9.17, 15) is 9.59 Å². The van der Waals surface area contributed by atoms with Crippen LogP contribution in [0.25, 0.3) is 5.52 Å². The van der Waals surface area contributed by atoms with E-state index in [2.05, 4.69) is 45.5 Å². The lowest BCUT2D eigenvalue weighted by Gasteiger charge is -2.52. The number of amides is 2. The standard InChI is InChI=1S/C22H24BrN5O2/c1-22(2)13(12-25-20(29)16-11-14(24)5-6-17(16)23)10-19(22)27-21(30)15-4-3-9-28-18(15)7-8-26-28/h3-9,11,13,19H,10,12,24H2,1-2H3,(H,25,29)(H,27,30). The first-order valence-corrected chi connectivity index (χ1v) is 10.6. The minimum atomic E-state index is -0.162. The topological polar surface area (TPSA) is 102 Å². The maximum atomic E-state index is 12.8. The van der Waals surface area contributed by atoms with Crippen molar-refractivity contribution >= 4 is 38.9 Å². The molecule has 2 aromatic heterocycles. The molecule has 1 fully saturated rings. The van der Waals surface area contributed by atoms with Crippen LogP contribution in [0.15, 0.2) is 53.3 Å². The van der Waals surface area contributed by atoms with Gasteiger partial charge in [0.15, 0.2) is 0 Å². The first-order valence-electron chi connectivity index (χ1n) is 9.84. The second-order valence-electron chi connectivity index (χ2n) is 8.31. The lowest BCUT2D eigenvalue weighted by Crippen LogP contribution is -2.60. The number of halogens is 1. The number of fused-ring (bicyclic) bond motifs is 1. The van der Waals surface area contributed by atoms with Crippen molar-refractivity contribution in [1.29, 1.82) is 0 Å². The third-order valence-electron chi connectivity index (χ3n) is 6.20. The Bertz CT molecular complexity index is 1120. The monoisotopic (exact) mass is 469 g/mol. The Kier molecular flexibility index (Phi) is 5.27. The Morgan fingerprint density at radius 2 is 2.03 bits per heavy atom. The Morgan fingerprint density at radius 1 is 1.23 bits per heavy atom. The van der Waals surface area contributed by atoms with Crippen LogP contribution in [-0.4, -0.2) is 34.0 Å².